The summed E-state index contributed by atoms with van der Waals surface area (Å²) in [7, 11) is 0. The predicted molar refractivity (Wildman–Crippen MR) is 113 cm³/mol. The fraction of sp³-hybridized carbons (Fsp3) is 0.143. The number of para-hydroxylation sites is 1. The summed E-state index contributed by atoms with van der Waals surface area (Å²) in [5.74, 6) is 1.48. The van der Waals surface area contributed by atoms with Gasteiger partial charge in [0.15, 0.2) is 11.6 Å². The molecule has 1 N–H and O–H groups in total. The number of H-pyrrole nitrogens is 1. The second kappa shape index (κ2) is 7.32. The van der Waals surface area contributed by atoms with Crippen molar-refractivity contribution in [2.75, 3.05) is 18.1 Å². The smallest absolute Gasteiger partial charge is 0.416 e. The van der Waals surface area contributed by atoms with Crippen LogP contribution in [0.15, 0.2) is 48.7 Å². The van der Waals surface area contributed by atoms with Crippen molar-refractivity contribution in [2.45, 2.75) is 6.18 Å². The third-order valence-electron chi connectivity index (χ3n) is 4.95. The SMILES string of the molecule is FC(F)(F)c1ccc2nc(-c3cccc4c3OCCN4c3ncc(Cl)cc3Cl)[nH]c2c1. The minimum Gasteiger partial charge on any atom is -0.489 e. The van der Waals surface area contributed by atoms with Crippen LogP contribution in [0.3, 0.4) is 0 Å². The molecule has 1 aliphatic rings. The molecule has 0 saturated carbocycles. The van der Waals surface area contributed by atoms with E-state index >= 15 is 0 Å². The Balaban J connectivity index is 1.61. The first-order valence-corrected chi connectivity index (χ1v) is 9.98. The van der Waals surface area contributed by atoms with Crippen LogP contribution in [-0.4, -0.2) is 28.1 Å². The fourth-order valence-corrected chi connectivity index (χ4v) is 4.06. The number of hydrogen-bond donors (Lipinski definition) is 1. The van der Waals surface area contributed by atoms with E-state index in [1.807, 2.05) is 17.0 Å². The number of aromatic nitrogens is 3. The Morgan fingerprint density at radius 1 is 1.10 bits per heavy atom. The Hall–Kier alpha value is -2.97. The number of nitrogens with zero attached hydrogens (tertiary/aromatic N) is 3. The first-order valence-electron chi connectivity index (χ1n) is 9.23. The van der Waals surface area contributed by atoms with E-state index in [2.05, 4.69) is 15.0 Å². The zero-order valence-corrected chi connectivity index (χ0v) is 17.2. The van der Waals surface area contributed by atoms with Crippen molar-refractivity contribution in [1.82, 2.24) is 15.0 Å². The number of alkyl halides is 3. The summed E-state index contributed by atoms with van der Waals surface area (Å²) in [4.78, 5) is 13.7. The van der Waals surface area contributed by atoms with Gasteiger partial charge in [0.1, 0.15) is 12.4 Å². The maximum atomic E-state index is 13.0. The third kappa shape index (κ3) is 3.55. The molecule has 4 aromatic rings. The highest BCUT2D eigenvalue weighted by Gasteiger charge is 2.31. The zero-order valence-electron chi connectivity index (χ0n) is 15.7. The van der Waals surface area contributed by atoms with Crippen LogP contribution >= 0.6 is 23.2 Å². The van der Waals surface area contributed by atoms with Gasteiger partial charge in [-0.3, -0.25) is 0 Å². The minimum atomic E-state index is -4.43. The van der Waals surface area contributed by atoms with Gasteiger partial charge in [0.05, 0.1) is 44.4 Å². The Morgan fingerprint density at radius 3 is 2.71 bits per heavy atom. The molecule has 0 unspecified atom stereocenters. The Morgan fingerprint density at radius 2 is 1.94 bits per heavy atom. The average molecular weight is 465 g/mol. The molecule has 0 amide bonds. The molecule has 0 spiro atoms. The first-order chi connectivity index (χ1) is 14.8. The second-order valence-electron chi connectivity index (χ2n) is 6.93. The van der Waals surface area contributed by atoms with Crippen LogP contribution in [0.2, 0.25) is 10.0 Å². The fourth-order valence-electron chi connectivity index (χ4n) is 3.57. The van der Waals surface area contributed by atoms with Crippen LogP contribution in [0.5, 0.6) is 5.75 Å². The highest BCUT2D eigenvalue weighted by Crippen LogP contribution is 2.44. The quantitative estimate of drug-likeness (QED) is 0.368. The number of hydrogen-bond acceptors (Lipinski definition) is 4. The van der Waals surface area contributed by atoms with E-state index in [1.165, 1.54) is 12.3 Å². The van der Waals surface area contributed by atoms with Crippen molar-refractivity contribution in [3.8, 4) is 17.1 Å². The Bertz CT molecular complexity index is 1310. The molecule has 0 bridgehead atoms. The predicted octanol–water partition coefficient (Wildman–Crippen LogP) is 6.48. The molecule has 0 fully saturated rings. The first kappa shape index (κ1) is 20.0. The summed E-state index contributed by atoms with van der Waals surface area (Å²) in [6, 6.07) is 10.5. The van der Waals surface area contributed by atoms with Crippen molar-refractivity contribution in [3.05, 3.63) is 64.3 Å². The molecule has 0 saturated heterocycles. The summed E-state index contributed by atoms with van der Waals surface area (Å²) in [6.07, 6.45) is -2.92. The molecule has 10 heteroatoms. The lowest BCUT2D eigenvalue weighted by Crippen LogP contribution is -2.29. The Labute approximate surface area is 184 Å². The molecule has 2 aromatic heterocycles. The van der Waals surface area contributed by atoms with Crippen molar-refractivity contribution < 1.29 is 17.9 Å². The van der Waals surface area contributed by atoms with Gasteiger partial charge in [0, 0.05) is 6.20 Å². The lowest BCUT2D eigenvalue weighted by Gasteiger charge is -2.31. The van der Waals surface area contributed by atoms with Gasteiger partial charge in [-0.25, -0.2) is 9.97 Å². The number of pyridine rings is 1. The summed E-state index contributed by atoms with van der Waals surface area (Å²) < 4.78 is 45.1. The van der Waals surface area contributed by atoms with Crippen molar-refractivity contribution in [1.29, 1.82) is 0 Å². The van der Waals surface area contributed by atoms with E-state index in [0.29, 0.717) is 51.7 Å². The van der Waals surface area contributed by atoms with Crippen molar-refractivity contribution >= 4 is 45.7 Å². The molecule has 0 aliphatic carbocycles. The molecular weight excluding hydrogens is 452 g/mol. The molecule has 2 aromatic carbocycles. The van der Waals surface area contributed by atoms with E-state index in [9.17, 15) is 13.2 Å². The molecule has 0 atom stereocenters. The molecule has 0 radical (unpaired) electrons. The molecule has 3 heterocycles. The number of halogens is 5. The van der Waals surface area contributed by atoms with Crippen LogP contribution in [0.1, 0.15) is 5.56 Å². The number of aromatic amines is 1. The summed E-state index contributed by atoms with van der Waals surface area (Å²) >= 11 is 12.3. The van der Waals surface area contributed by atoms with Crippen LogP contribution < -0.4 is 9.64 Å². The van der Waals surface area contributed by atoms with E-state index in [-0.39, 0.29) is 5.52 Å². The highest BCUT2D eigenvalue weighted by molar-refractivity contribution is 6.36. The van der Waals surface area contributed by atoms with Crippen LogP contribution in [0.25, 0.3) is 22.4 Å². The van der Waals surface area contributed by atoms with Gasteiger partial charge < -0.3 is 14.6 Å². The standard InChI is InChI=1S/C21H13Cl2F3N4O/c22-12-9-14(23)20(27-10-12)30-6-7-31-18-13(2-1-3-17(18)30)19-28-15-5-4-11(21(24,25)26)8-16(15)29-19/h1-5,8-10H,6-7H2,(H,28,29). The maximum Gasteiger partial charge on any atom is 0.416 e. The number of nitrogens with one attached hydrogen (secondary N) is 1. The van der Waals surface area contributed by atoms with Gasteiger partial charge in [-0.2, -0.15) is 13.2 Å². The van der Waals surface area contributed by atoms with Crippen LogP contribution in [-0.2, 0) is 6.18 Å². The van der Waals surface area contributed by atoms with Gasteiger partial charge in [-0.1, -0.05) is 29.3 Å². The minimum absolute atomic E-state index is 0.289. The molecule has 31 heavy (non-hydrogen) atoms. The molecule has 1 aliphatic heterocycles. The zero-order chi connectivity index (χ0) is 21.8. The highest BCUT2D eigenvalue weighted by atomic mass is 35.5. The summed E-state index contributed by atoms with van der Waals surface area (Å²) in [6.45, 7) is 0.878. The van der Waals surface area contributed by atoms with E-state index < -0.39 is 11.7 Å². The molecule has 5 rings (SSSR count). The van der Waals surface area contributed by atoms with Gasteiger partial charge in [-0.05, 0) is 36.4 Å². The third-order valence-corrected chi connectivity index (χ3v) is 5.44. The average Bonchev–Trinajstić information content (AvgIpc) is 3.16. The number of benzene rings is 2. The van der Waals surface area contributed by atoms with E-state index in [4.69, 9.17) is 27.9 Å². The Kier molecular flexibility index (Phi) is 4.71. The van der Waals surface area contributed by atoms with Crippen LogP contribution in [0.4, 0.5) is 24.7 Å². The molecule has 158 valence electrons. The normalized spacial score (nSPS) is 13.9. The van der Waals surface area contributed by atoms with Gasteiger partial charge in [0.2, 0.25) is 0 Å². The van der Waals surface area contributed by atoms with E-state index in [0.717, 1.165) is 17.8 Å². The number of rotatable bonds is 2. The summed E-state index contributed by atoms with van der Waals surface area (Å²) in [5.41, 5.74) is 1.32. The van der Waals surface area contributed by atoms with Gasteiger partial charge >= 0.3 is 6.18 Å². The van der Waals surface area contributed by atoms with Crippen LogP contribution in [0, 0.1) is 0 Å². The van der Waals surface area contributed by atoms with Crippen molar-refractivity contribution in [3.63, 3.8) is 0 Å². The topological polar surface area (TPSA) is 54.0 Å². The lowest BCUT2D eigenvalue weighted by molar-refractivity contribution is -0.137. The largest absolute Gasteiger partial charge is 0.489 e. The van der Waals surface area contributed by atoms with Crippen molar-refractivity contribution in [2.24, 2.45) is 0 Å². The molecule has 5 nitrogen and oxygen atoms in total. The van der Waals surface area contributed by atoms with Gasteiger partial charge in [0.25, 0.3) is 0 Å². The lowest BCUT2D eigenvalue weighted by atomic mass is 10.1. The maximum absolute atomic E-state index is 13.0. The second-order valence-corrected chi connectivity index (χ2v) is 7.77. The number of ether oxygens (including phenoxy) is 1. The number of imidazole rings is 1. The number of anilines is 2. The number of fused-ring (bicyclic) bond motifs is 2. The monoisotopic (exact) mass is 464 g/mol. The van der Waals surface area contributed by atoms with E-state index in [1.54, 1.807) is 12.1 Å². The molecular formula is C21H13Cl2F3N4O. The summed E-state index contributed by atoms with van der Waals surface area (Å²) in [5, 5.41) is 0.825. The van der Waals surface area contributed by atoms with Gasteiger partial charge in [-0.15, -0.1) is 0 Å².